The summed E-state index contributed by atoms with van der Waals surface area (Å²) in [5.74, 6) is -28.9. The van der Waals surface area contributed by atoms with E-state index in [-0.39, 0.29) is 21.8 Å². The molecule has 5 aromatic carbocycles. The third-order valence-corrected chi connectivity index (χ3v) is 10.8. The number of hydrogen-bond donors (Lipinski definition) is 0. The maximum Gasteiger partial charge on any atom is 0.274 e. The molecule has 0 saturated heterocycles. The zero-order chi connectivity index (χ0) is 51.9. The minimum Gasteiger partial charge on any atom is -0.239 e. The van der Waals surface area contributed by atoms with Gasteiger partial charge in [0.25, 0.3) is 5.70 Å². The molecular weight excluding hydrogens is 977 g/mol. The lowest BCUT2D eigenvalue weighted by atomic mass is 10.0. The van der Waals surface area contributed by atoms with Crippen molar-refractivity contribution >= 4 is 17.0 Å². The van der Waals surface area contributed by atoms with Crippen LogP contribution in [0.5, 0.6) is 0 Å². The van der Waals surface area contributed by atoms with Crippen LogP contribution >= 0.6 is 0 Å². The van der Waals surface area contributed by atoms with Crippen molar-refractivity contribution in [2.24, 2.45) is 30.0 Å². The topological polar surface area (TPSA) is 193 Å². The zero-order valence-electron chi connectivity index (χ0n) is 35.1. The van der Waals surface area contributed by atoms with Crippen molar-refractivity contribution in [1.29, 1.82) is 15.8 Å². The van der Waals surface area contributed by atoms with E-state index in [4.69, 9.17) is 13.1 Å². The summed E-state index contributed by atoms with van der Waals surface area (Å²) in [6, 6.07) is 9.23. The predicted molar refractivity (Wildman–Crippen MR) is 215 cm³/mol. The van der Waals surface area contributed by atoms with Crippen LogP contribution in [0.1, 0.15) is 39.2 Å². The molecule has 6 aromatic rings. The number of aromatic nitrogens is 3. The first-order chi connectivity index (χ1) is 34.3. The summed E-state index contributed by atoms with van der Waals surface area (Å²) < 4.78 is 177. The van der Waals surface area contributed by atoms with E-state index in [0.29, 0.717) is 0 Å². The van der Waals surface area contributed by atoms with Gasteiger partial charge in [-0.05, 0) is 38.1 Å². The Morgan fingerprint density at radius 3 is 1.33 bits per heavy atom. The smallest absolute Gasteiger partial charge is 0.239 e. The Hall–Kier alpha value is -10.3. The molecule has 0 spiro atoms. The molecule has 0 bridgehead atoms. The second-order valence-corrected chi connectivity index (χ2v) is 14.8. The number of halogens is 12. The third-order valence-electron chi connectivity index (χ3n) is 10.8. The Morgan fingerprint density at radius 1 is 0.444 bits per heavy atom. The van der Waals surface area contributed by atoms with Crippen molar-refractivity contribution in [1.82, 2.24) is 15.0 Å². The first kappa shape index (κ1) is 46.8. The highest BCUT2D eigenvalue weighted by Gasteiger charge is 2.33. The van der Waals surface area contributed by atoms with Crippen molar-refractivity contribution in [3.63, 3.8) is 0 Å². The number of nitrogens with zero attached hydrogens (tertiary/aromatic N) is 14. The van der Waals surface area contributed by atoms with E-state index in [0.717, 1.165) is 38.1 Å². The van der Waals surface area contributed by atoms with Gasteiger partial charge in [-0.2, -0.15) is 15.8 Å². The number of nitriles is 3. The Bertz CT molecular complexity index is 4080. The van der Waals surface area contributed by atoms with Gasteiger partial charge in [0.2, 0.25) is 11.5 Å². The summed E-state index contributed by atoms with van der Waals surface area (Å²) in [5.41, 5.74) is -10.1. The molecule has 14 nitrogen and oxygen atoms in total. The van der Waals surface area contributed by atoms with Crippen LogP contribution in [-0.2, 0) is 0 Å². The summed E-state index contributed by atoms with van der Waals surface area (Å²) >= 11 is 0. The van der Waals surface area contributed by atoms with Gasteiger partial charge in [0, 0.05) is 22.3 Å². The van der Waals surface area contributed by atoms with Crippen molar-refractivity contribution in [2.75, 3.05) is 0 Å². The molecule has 72 heavy (non-hydrogen) atoms. The molecule has 0 amide bonds. The van der Waals surface area contributed by atoms with Crippen molar-refractivity contribution in [3.8, 4) is 41.0 Å². The molecule has 26 heteroatoms. The Balaban J connectivity index is 1.31. The number of rotatable bonds is 5. The van der Waals surface area contributed by atoms with Crippen LogP contribution in [0.15, 0.2) is 71.7 Å². The first-order valence-corrected chi connectivity index (χ1v) is 19.4. The fourth-order valence-corrected chi connectivity index (χ4v) is 7.30. The van der Waals surface area contributed by atoms with Gasteiger partial charge in [0.05, 0.1) is 46.1 Å². The summed E-state index contributed by atoms with van der Waals surface area (Å²) in [4.78, 5) is 42.9. The van der Waals surface area contributed by atoms with Crippen LogP contribution in [0.2, 0.25) is 0 Å². The van der Waals surface area contributed by atoms with Gasteiger partial charge in [-0.15, -0.1) is 0 Å². The molecule has 3 aliphatic rings. The second-order valence-electron chi connectivity index (χ2n) is 14.8. The molecule has 9 rings (SSSR count). The van der Waals surface area contributed by atoms with E-state index in [9.17, 15) is 50.9 Å². The quantitative estimate of drug-likeness (QED) is 0.0633. The van der Waals surface area contributed by atoms with Gasteiger partial charge >= 0.3 is 0 Å². The second kappa shape index (κ2) is 17.1. The standard InChI is InChI=1S/C46H10F12N14/c1-12-23(47)29(53)22(30(54)24(12)48)37(62-3)44-65-20-8-6-15(17(10-60)36(20)67-44)42-70-41(71-46(72-42)40(63-4)45-68-38-26(50)13(2)25(49)34(58)39(38)69-45)14-5-7-19-35(16(14)9-59)66-43(64-19)18(11-61)21-27(51)31(55)33(57)32(56)28(21)52/h5-8H,1-2H3/b43-18+,44-37-,45-40-. The van der Waals surface area contributed by atoms with Gasteiger partial charge in [-0.1, -0.05) is 0 Å². The lowest BCUT2D eigenvalue weighted by Crippen LogP contribution is -2.32. The van der Waals surface area contributed by atoms with E-state index >= 15 is 17.6 Å². The highest BCUT2D eigenvalue weighted by molar-refractivity contribution is 5.81. The van der Waals surface area contributed by atoms with Crippen LogP contribution in [0, 0.1) is 131 Å². The summed E-state index contributed by atoms with van der Waals surface area (Å²) in [5, 5.41) is 27.6. The van der Waals surface area contributed by atoms with Gasteiger partial charge in [-0.3, -0.25) is 0 Å². The summed E-state index contributed by atoms with van der Waals surface area (Å²) in [7, 11) is 0. The summed E-state index contributed by atoms with van der Waals surface area (Å²) in [6.45, 7) is 17.3. The van der Waals surface area contributed by atoms with Crippen LogP contribution in [0.25, 0.3) is 49.4 Å². The average Bonchev–Trinajstić information content (AvgIpc) is 4.15. The van der Waals surface area contributed by atoms with Crippen LogP contribution in [-0.4, -0.2) is 15.0 Å². The Kier molecular flexibility index (Phi) is 11.1. The molecular formula is C46H10F12N14. The van der Waals surface area contributed by atoms with Crippen LogP contribution in [0.3, 0.4) is 0 Å². The Labute approximate surface area is 390 Å². The number of allylic oxidation sites excluding steroid dienone is 1. The number of benzene rings is 5. The monoisotopic (exact) mass is 986 g/mol. The van der Waals surface area contributed by atoms with Gasteiger partial charge in [-0.25, -0.2) is 107 Å². The molecule has 0 saturated carbocycles. The molecule has 3 aliphatic heterocycles. The minimum absolute atomic E-state index is 0.256. The average molecular weight is 987 g/mol. The number of fused-ring (bicyclic) bond motifs is 3. The maximum atomic E-state index is 15.2. The molecule has 0 radical (unpaired) electrons. The largest absolute Gasteiger partial charge is 0.274 e. The normalized spacial score (nSPS) is 14.8. The molecule has 0 N–H and O–H groups in total. The van der Waals surface area contributed by atoms with Gasteiger partial charge in [0.15, 0.2) is 98.9 Å². The molecule has 0 fully saturated rings. The third kappa shape index (κ3) is 6.83. The fraction of sp³-hybridized carbons (Fsp3) is 0.0435. The van der Waals surface area contributed by atoms with Gasteiger partial charge in [0.1, 0.15) is 45.2 Å². The van der Waals surface area contributed by atoms with Crippen molar-refractivity contribution < 1.29 is 52.7 Å². The van der Waals surface area contributed by atoms with E-state index < -0.39 is 177 Å². The Morgan fingerprint density at radius 2 is 0.847 bits per heavy atom. The maximum absolute atomic E-state index is 15.2. The molecule has 0 unspecified atom stereocenters. The SMILES string of the molecule is [C-]#[N+]/C(=C1/N=c2c(F)c(C)c(F)c(F)c2=N1)c1nc(-c2ccc3c(c2C#N)=N/C(=C(\[N+]#[C-])c2c(F)c(F)c(C)c(F)c2F)N=3)nc(-c2ccc3c(c2C#N)=N/C(=C(\C#N)c2c(F)c(F)c(F)c(F)c2F)N=3)n1. The van der Waals surface area contributed by atoms with Crippen LogP contribution < -0.4 is 32.1 Å². The highest BCUT2D eigenvalue weighted by atomic mass is 19.2. The van der Waals surface area contributed by atoms with E-state index in [2.05, 4.69) is 54.6 Å². The van der Waals surface area contributed by atoms with Crippen molar-refractivity contribution in [3.05, 3.63) is 206 Å². The summed E-state index contributed by atoms with van der Waals surface area (Å²) in [6.07, 6.45) is 0. The van der Waals surface area contributed by atoms with E-state index in [1.165, 1.54) is 6.07 Å². The van der Waals surface area contributed by atoms with Crippen LogP contribution in [0.4, 0.5) is 52.7 Å². The first-order valence-electron chi connectivity index (χ1n) is 19.4. The molecule has 348 valence electrons. The predicted octanol–water partition coefficient (Wildman–Crippen LogP) is 6.38. The van der Waals surface area contributed by atoms with E-state index in [1.54, 1.807) is 12.1 Å². The molecule has 0 aliphatic carbocycles. The molecule has 4 heterocycles. The lowest BCUT2D eigenvalue weighted by molar-refractivity contribution is 0.376. The zero-order valence-corrected chi connectivity index (χ0v) is 35.1. The minimum atomic E-state index is -2.53. The van der Waals surface area contributed by atoms with Gasteiger partial charge < -0.3 is 0 Å². The van der Waals surface area contributed by atoms with E-state index in [1.807, 2.05) is 0 Å². The van der Waals surface area contributed by atoms with Crippen molar-refractivity contribution in [2.45, 2.75) is 13.8 Å². The molecule has 0 atom stereocenters. The molecule has 1 aromatic heterocycles. The lowest BCUT2D eigenvalue weighted by Gasteiger charge is -2.10. The fourth-order valence-electron chi connectivity index (χ4n) is 7.30. The highest BCUT2D eigenvalue weighted by Crippen LogP contribution is 2.35. The number of hydrogen-bond acceptors (Lipinski definition) is 12.